The lowest BCUT2D eigenvalue weighted by Crippen LogP contribution is -2.17. The molecule has 1 aromatic carbocycles. The standard InChI is InChI=1S/C15H14N2O4/c18-14(19)11-6-10(16-17-11)9-1-2-12-13(5-9)21-8-15(3-4-15)7-20-12/h1-2,5-6H,3-4,7-8H2,(H,16,17)(H,18,19). The van der Waals surface area contributed by atoms with Crippen LogP contribution in [0.3, 0.4) is 0 Å². The van der Waals surface area contributed by atoms with Crippen LogP contribution in [0.5, 0.6) is 11.5 Å². The van der Waals surface area contributed by atoms with Gasteiger partial charge in [-0.25, -0.2) is 4.79 Å². The third-order valence-electron chi connectivity index (χ3n) is 4.07. The summed E-state index contributed by atoms with van der Waals surface area (Å²) in [4.78, 5) is 10.9. The van der Waals surface area contributed by atoms with Gasteiger partial charge in [0.1, 0.15) is 5.69 Å². The third kappa shape index (κ3) is 2.12. The first-order valence-electron chi connectivity index (χ1n) is 6.84. The highest BCUT2D eigenvalue weighted by Crippen LogP contribution is 2.49. The van der Waals surface area contributed by atoms with Crippen LogP contribution in [-0.4, -0.2) is 34.5 Å². The number of fused-ring (bicyclic) bond motifs is 1. The lowest BCUT2D eigenvalue weighted by molar-refractivity contribution is 0.0690. The number of hydrogen-bond donors (Lipinski definition) is 2. The van der Waals surface area contributed by atoms with Gasteiger partial charge in [-0.1, -0.05) is 0 Å². The number of benzene rings is 1. The SMILES string of the molecule is O=C(O)c1cc(-c2ccc3c(c2)OCC2(CC2)CO3)n[nH]1. The van der Waals surface area contributed by atoms with Crippen LogP contribution in [0.25, 0.3) is 11.3 Å². The molecule has 1 saturated carbocycles. The lowest BCUT2D eigenvalue weighted by atomic mass is 10.1. The minimum Gasteiger partial charge on any atom is -0.489 e. The van der Waals surface area contributed by atoms with Crippen LogP contribution in [-0.2, 0) is 0 Å². The molecule has 2 N–H and O–H groups in total. The molecule has 0 unspecified atom stereocenters. The molecule has 6 nitrogen and oxygen atoms in total. The smallest absolute Gasteiger partial charge is 0.353 e. The second-order valence-corrected chi connectivity index (χ2v) is 5.71. The highest BCUT2D eigenvalue weighted by atomic mass is 16.5. The summed E-state index contributed by atoms with van der Waals surface area (Å²) < 4.78 is 11.7. The molecule has 2 aliphatic rings. The van der Waals surface area contributed by atoms with E-state index in [9.17, 15) is 4.79 Å². The molecule has 1 aromatic heterocycles. The van der Waals surface area contributed by atoms with Gasteiger partial charge in [-0.3, -0.25) is 5.10 Å². The van der Waals surface area contributed by atoms with Crippen molar-refractivity contribution in [1.29, 1.82) is 0 Å². The molecule has 1 fully saturated rings. The highest BCUT2D eigenvalue weighted by Gasteiger charge is 2.46. The molecule has 0 saturated heterocycles. The average Bonchev–Trinajstić information content (AvgIpc) is 3.13. The number of nitrogens with zero attached hydrogens (tertiary/aromatic N) is 1. The molecule has 0 radical (unpaired) electrons. The largest absolute Gasteiger partial charge is 0.489 e. The Morgan fingerprint density at radius 1 is 1.19 bits per heavy atom. The number of carboxylic acids is 1. The summed E-state index contributed by atoms with van der Waals surface area (Å²) in [6, 6.07) is 7.05. The second kappa shape index (κ2) is 4.25. The van der Waals surface area contributed by atoms with Crippen molar-refractivity contribution in [2.24, 2.45) is 5.41 Å². The molecule has 2 aromatic rings. The van der Waals surface area contributed by atoms with E-state index in [1.807, 2.05) is 18.2 Å². The van der Waals surface area contributed by atoms with Gasteiger partial charge in [-0.05, 0) is 37.1 Å². The Hall–Kier alpha value is -2.50. The Morgan fingerprint density at radius 2 is 1.95 bits per heavy atom. The molecule has 108 valence electrons. The number of hydrogen-bond acceptors (Lipinski definition) is 4. The van der Waals surface area contributed by atoms with Crippen molar-refractivity contribution in [3.05, 3.63) is 30.0 Å². The van der Waals surface area contributed by atoms with Gasteiger partial charge in [0, 0.05) is 11.0 Å². The zero-order valence-electron chi connectivity index (χ0n) is 11.3. The normalized spacial score (nSPS) is 18.3. The molecule has 2 heterocycles. The maximum Gasteiger partial charge on any atom is 0.353 e. The van der Waals surface area contributed by atoms with Crippen molar-refractivity contribution in [2.75, 3.05) is 13.2 Å². The van der Waals surface area contributed by atoms with Crippen LogP contribution in [0, 0.1) is 5.41 Å². The van der Waals surface area contributed by atoms with Crippen molar-refractivity contribution in [3.8, 4) is 22.8 Å². The number of rotatable bonds is 2. The van der Waals surface area contributed by atoms with E-state index in [-0.39, 0.29) is 11.1 Å². The fourth-order valence-corrected chi connectivity index (χ4v) is 2.45. The maximum absolute atomic E-state index is 10.9. The molecule has 1 aliphatic carbocycles. The predicted molar refractivity (Wildman–Crippen MR) is 73.6 cm³/mol. The first kappa shape index (κ1) is 12.3. The molecule has 0 atom stereocenters. The van der Waals surface area contributed by atoms with E-state index < -0.39 is 5.97 Å². The van der Waals surface area contributed by atoms with Gasteiger partial charge in [0.25, 0.3) is 0 Å². The van der Waals surface area contributed by atoms with E-state index in [1.54, 1.807) is 0 Å². The average molecular weight is 286 g/mol. The van der Waals surface area contributed by atoms with Crippen molar-refractivity contribution < 1.29 is 19.4 Å². The first-order valence-corrected chi connectivity index (χ1v) is 6.84. The first-order chi connectivity index (χ1) is 10.2. The fourth-order valence-electron chi connectivity index (χ4n) is 2.45. The van der Waals surface area contributed by atoms with Crippen LogP contribution in [0.15, 0.2) is 24.3 Å². The van der Waals surface area contributed by atoms with Gasteiger partial charge in [-0.2, -0.15) is 5.10 Å². The molecular formula is C15H14N2O4. The van der Waals surface area contributed by atoms with Crippen molar-refractivity contribution >= 4 is 5.97 Å². The van der Waals surface area contributed by atoms with E-state index in [2.05, 4.69) is 10.2 Å². The number of aromatic nitrogens is 2. The van der Waals surface area contributed by atoms with E-state index in [0.29, 0.717) is 24.7 Å². The van der Waals surface area contributed by atoms with Gasteiger partial charge in [0.15, 0.2) is 11.5 Å². The summed E-state index contributed by atoms with van der Waals surface area (Å²) in [6.07, 6.45) is 2.30. The van der Waals surface area contributed by atoms with E-state index in [4.69, 9.17) is 14.6 Å². The highest BCUT2D eigenvalue weighted by molar-refractivity contribution is 5.86. The van der Waals surface area contributed by atoms with Crippen LogP contribution in [0.1, 0.15) is 23.3 Å². The van der Waals surface area contributed by atoms with Gasteiger partial charge in [0.05, 0.1) is 18.9 Å². The Kier molecular flexibility index (Phi) is 2.48. The number of nitrogens with one attached hydrogen (secondary N) is 1. The molecule has 0 amide bonds. The number of carbonyl (C=O) groups is 1. The third-order valence-corrected chi connectivity index (χ3v) is 4.07. The number of ether oxygens (including phenoxy) is 2. The quantitative estimate of drug-likeness (QED) is 0.885. The molecule has 0 bridgehead atoms. The minimum atomic E-state index is -1.03. The van der Waals surface area contributed by atoms with E-state index >= 15 is 0 Å². The Morgan fingerprint density at radius 3 is 2.62 bits per heavy atom. The van der Waals surface area contributed by atoms with E-state index in [0.717, 1.165) is 24.2 Å². The second-order valence-electron chi connectivity index (χ2n) is 5.71. The van der Waals surface area contributed by atoms with Crippen molar-refractivity contribution in [1.82, 2.24) is 10.2 Å². The molecule has 1 aliphatic heterocycles. The van der Waals surface area contributed by atoms with E-state index in [1.165, 1.54) is 6.07 Å². The van der Waals surface area contributed by atoms with Crippen molar-refractivity contribution in [3.63, 3.8) is 0 Å². The zero-order chi connectivity index (χ0) is 14.4. The van der Waals surface area contributed by atoms with Gasteiger partial charge in [-0.15, -0.1) is 0 Å². The predicted octanol–water partition coefficient (Wildman–Crippen LogP) is 2.33. The zero-order valence-corrected chi connectivity index (χ0v) is 11.3. The van der Waals surface area contributed by atoms with Crippen LogP contribution < -0.4 is 9.47 Å². The van der Waals surface area contributed by atoms with Gasteiger partial charge < -0.3 is 14.6 Å². The summed E-state index contributed by atoms with van der Waals surface area (Å²) in [7, 11) is 0. The maximum atomic E-state index is 10.9. The Balaban J connectivity index is 1.65. The lowest BCUT2D eigenvalue weighted by Gasteiger charge is -2.08. The van der Waals surface area contributed by atoms with Gasteiger partial charge >= 0.3 is 5.97 Å². The fraction of sp³-hybridized carbons (Fsp3) is 0.333. The molecule has 1 spiro atoms. The molecule has 4 rings (SSSR count). The number of aromatic carboxylic acids is 1. The van der Waals surface area contributed by atoms with Crippen LogP contribution in [0.4, 0.5) is 0 Å². The molecular weight excluding hydrogens is 272 g/mol. The molecule has 21 heavy (non-hydrogen) atoms. The van der Waals surface area contributed by atoms with Crippen LogP contribution >= 0.6 is 0 Å². The summed E-state index contributed by atoms with van der Waals surface area (Å²) in [5, 5.41) is 15.4. The van der Waals surface area contributed by atoms with Crippen LogP contribution in [0.2, 0.25) is 0 Å². The summed E-state index contributed by atoms with van der Waals surface area (Å²) in [5.74, 6) is 0.395. The van der Waals surface area contributed by atoms with Gasteiger partial charge in [0.2, 0.25) is 0 Å². The monoisotopic (exact) mass is 286 g/mol. The minimum absolute atomic E-state index is 0.0639. The molecule has 6 heteroatoms. The Bertz CT molecular complexity index is 718. The summed E-state index contributed by atoms with van der Waals surface area (Å²) in [5.41, 5.74) is 1.63. The number of aromatic amines is 1. The number of H-pyrrole nitrogens is 1. The topological polar surface area (TPSA) is 84.4 Å². The van der Waals surface area contributed by atoms with Crippen molar-refractivity contribution in [2.45, 2.75) is 12.8 Å². The summed E-state index contributed by atoms with van der Waals surface area (Å²) >= 11 is 0. The number of carboxylic acid groups (broad SMARTS) is 1. The summed E-state index contributed by atoms with van der Waals surface area (Å²) in [6.45, 7) is 1.37. The Labute approximate surface area is 120 Å².